The predicted octanol–water partition coefficient (Wildman–Crippen LogP) is 2.82. The first kappa shape index (κ1) is 25.9. The summed E-state index contributed by atoms with van der Waals surface area (Å²) in [5, 5.41) is 3.17. The van der Waals surface area contributed by atoms with E-state index in [9.17, 15) is 14.0 Å². The number of hydrogen-bond acceptors (Lipinski definition) is 4. The number of rotatable bonds is 6. The fourth-order valence-corrected chi connectivity index (χ4v) is 4.28. The Kier molecular flexibility index (Phi) is 7.30. The lowest BCUT2D eigenvalue weighted by Crippen LogP contribution is -2.58. The number of benzene rings is 2. The van der Waals surface area contributed by atoms with Gasteiger partial charge in [-0.25, -0.2) is 9.18 Å². The Morgan fingerprint density at radius 2 is 1.74 bits per heavy atom. The molecule has 0 saturated heterocycles. The minimum absolute atomic E-state index is 0.0701. The smallest absolute Gasteiger partial charge is 0.319 e. The zero-order valence-corrected chi connectivity index (χ0v) is 20.8. The van der Waals surface area contributed by atoms with Crippen molar-refractivity contribution in [1.82, 2.24) is 15.1 Å². The molecule has 0 spiro atoms. The lowest BCUT2D eigenvalue weighted by atomic mass is 9.91. The topological polar surface area (TPSA) is 117 Å². The molecule has 0 radical (unpaired) electrons. The summed E-state index contributed by atoms with van der Waals surface area (Å²) in [6.07, 6.45) is 0. The number of nitrogens with two attached hydrogens (primary N) is 2. The Bertz CT molecular complexity index is 1160. The number of carbonyl (C=O) groups excluding carboxylic acids is 2. The highest BCUT2D eigenvalue weighted by Crippen LogP contribution is 2.32. The fourth-order valence-electron chi connectivity index (χ4n) is 4.28. The zero-order valence-electron chi connectivity index (χ0n) is 20.8. The normalized spacial score (nSPS) is 17.5. The van der Waals surface area contributed by atoms with E-state index in [0.29, 0.717) is 17.8 Å². The molecule has 2 aromatic rings. The Morgan fingerprint density at radius 3 is 2.31 bits per heavy atom. The van der Waals surface area contributed by atoms with Crippen LogP contribution in [0.25, 0.3) is 0 Å². The molecule has 1 atom stereocenters. The first-order chi connectivity index (χ1) is 16.3. The van der Waals surface area contributed by atoms with Gasteiger partial charge in [0.2, 0.25) is 0 Å². The highest BCUT2D eigenvalue weighted by Gasteiger charge is 2.44. The van der Waals surface area contributed by atoms with Gasteiger partial charge >= 0.3 is 6.03 Å². The number of nitrogens with one attached hydrogen (secondary N) is 1. The zero-order chi connectivity index (χ0) is 26.0. The molecule has 0 aromatic heterocycles. The number of aliphatic imine (C=N–C) groups is 1. The van der Waals surface area contributed by atoms with Crippen molar-refractivity contribution < 1.29 is 14.0 Å². The third kappa shape index (κ3) is 5.51. The van der Waals surface area contributed by atoms with E-state index in [4.69, 9.17) is 11.5 Å². The summed E-state index contributed by atoms with van der Waals surface area (Å²) < 4.78 is 13.2. The van der Waals surface area contributed by atoms with Crippen molar-refractivity contribution in [2.45, 2.75) is 31.8 Å². The van der Waals surface area contributed by atoms with Crippen LogP contribution < -0.4 is 16.8 Å². The summed E-state index contributed by atoms with van der Waals surface area (Å²) in [6.45, 7) is 6.26. The average molecular weight is 481 g/mol. The molecule has 9 heteroatoms. The summed E-state index contributed by atoms with van der Waals surface area (Å²) in [5.41, 5.74) is 13.0. The van der Waals surface area contributed by atoms with Crippen LogP contribution >= 0.6 is 0 Å². The van der Waals surface area contributed by atoms with Gasteiger partial charge in [-0.1, -0.05) is 30.3 Å². The monoisotopic (exact) mass is 480 g/mol. The number of carbonyl (C=O) groups is 2. The number of amides is 3. The third-order valence-corrected chi connectivity index (χ3v) is 6.27. The van der Waals surface area contributed by atoms with Crippen LogP contribution in [0.15, 0.2) is 70.9 Å². The van der Waals surface area contributed by atoms with Gasteiger partial charge in [0.05, 0.1) is 17.6 Å². The van der Waals surface area contributed by atoms with Gasteiger partial charge in [-0.15, -0.1) is 0 Å². The summed E-state index contributed by atoms with van der Waals surface area (Å²) in [7, 11) is 3.89. The molecular formula is C26H33FN6O2. The van der Waals surface area contributed by atoms with E-state index in [1.165, 1.54) is 24.3 Å². The van der Waals surface area contributed by atoms with Crippen LogP contribution in [0, 0.1) is 5.82 Å². The molecule has 35 heavy (non-hydrogen) atoms. The predicted molar refractivity (Wildman–Crippen MR) is 135 cm³/mol. The van der Waals surface area contributed by atoms with E-state index >= 15 is 0 Å². The SMILES string of the molecule is CN(C)C[C@](C)(NC(=O)N1CC(C(N)=NC(=O)c2ccc(F)cc2)=C(N)C1(C)C)c1ccccc1. The molecule has 0 fully saturated rings. The van der Waals surface area contributed by atoms with Crippen LogP contribution in [0.2, 0.25) is 0 Å². The molecule has 0 saturated carbocycles. The minimum Gasteiger partial charge on any atom is -0.400 e. The van der Waals surface area contributed by atoms with Crippen LogP contribution in [0.3, 0.4) is 0 Å². The van der Waals surface area contributed by atoms with Crippen molar-refractivity contribution in [2.75, 3.05) is 27.2 Å². The first-order valence-electron chi connectivity index (χ1n) is 11.3. The Labute approximate surface area is 205 Å². The number of halogens is 1. The molecular weight excluding hydrogens is 447 g/mol. The van der Waals surface area contributed by atoms with Gasteiger partial charge in [-0.2, -0.15) is 4.99 Å². The van der Waals surface area contributed by atoms with Gasteiger partial charge in [0.25, 0.3) is 5.91 Å². The molecule has 1 aliphatic rings. The molecule has 1 aliphatic heterocycles. The molecule has 0 aliphatic carbocycles. The second-order valence-corrected chi connectivity index (χ2v) is 9.71. The summed E-state index contributed by atoms with van der Waals surface area (Å²) >= 11 is 0. The second kappa shape index (κ2) is 9.87. The van der Waals surface area contributed by atoms with Crippen molar-refractivity contribution in [3.63, 3.8) is 0 Å². The van der Waals surface area contributed by atoms with E-state index in [1.807, 2.05) is 70.1 Å². The van der Waals surface area contributed by atoms with Crippen LogP contribution in [0.4, 0.5) is 9.18 Å². The van der Waals surface area contributed by atoms with Gasteiger partial charge < -0.3 is 26.6 Å². The number of nitrogens with zero attached hydrogens (tertiary/aromatic N) is 3. The van der Waals surface area contributed by atoms with E-state index in [-0.39, 0.29) is 24.0 Å². The van der Waals surface area contributed by atoms with Crippen molar-refractivity contribution in [2.24, 2.45) is 16.5 Å². The molecule has 1 heterocycles. The summed E-state index contributed by atoms with van der Waals surface area (Å²) in [6, 6.07) is 14.4. The van der Waals surface area contributed by atoms with Crippen molar-refractivity contribution >= 4 is 17.8 Å². The van der Waals surface area contributed by atoms with E-state index in [0.717, 1.165) is 5.56 Å². The molecule has 186 valence electrons. The van der Waals surface area contributed by atoms with Crippen LogP contribution in [-0.4, -0.2) is 60.3 Å². The maximum absolute atomic E-state index is 13.6. The number of urea groups is 1. The minimum atomic E-state index is -0.867. The van der Waals surface area contributed by atoms with E-state index in [2.05, 4.69) is 10.3 Å². The van der Waals surface area contributed by atoms with Crippen molar-refractivity contribution in [3.05, 3.63) is 82.8 Å². The molecule has 8 nitrogen and oxygen atoms in total. The number of likely N-dealkylation sites (N-methyl/N-ethyl adjacent to an activating group) is 1. The van der Waals surface area contributed by atoms with Gasteiger partial charge in [0.1, 0.15) is 11.7 Å². The van der Waals surface area contributed by atoms with Gasteiger partial charge in [0, 0.05) is 23.4 Å². The first-order valence-corrected chi connectivity index (χ1v) is 11.3. The van der Waals surface area contributed by atoms with Crippen LogP contribution in [0.5, 0.6) is 0 Å². The molecule has 0 unspecified atom stereocenters. The third-order valence-electron chi connectivity index (χ3n) is 6.27. The lowest BCUT2D eigenvalue weighted by Gasteiger charge is -2.39. The molecule has 0 bridgehead atoms. The highest BCUT2D eigenvalue weighted by molar-refractivity contribution is 6.09. The Balaban J connectivity index is 1.85. The Morgan fingerprint density at radius 1 is 1.14 bits per heavy atom. The molecule has 5 N–H and O–H groups in total. The quantitative estimate of drug-likeness (QED) is 0.434. The highest BCUT2D eigenvalue weighted by atomic mass is 19.1. The molecule has 3 amide bonds. The van der Waals surface area contributed by atoms with Crippen molar-refractivity contribution in [1.29, 1.82) is 0 Å². The summed E-state index contributed by atoms with van der Waals surface area (Å²) in [4.78, 5) is 33.6. The van der Waals surface area contributed by atoms with Crippen molar-refractivity contribution in [3.8, 4) is 0 Å². The maximum Gasteiger partial charge on any atom is 0.319 e. The standard InChI is InChI=1S/C26H33FN6O2/c1-25(2)21(28)20(22(29)30-23(34)17-11-13-19(27)14-12-17)15-33(25)24(35)31-26(3,16-32(4)5)18-9-7-6-8-10-18/h6-14H,15-16,28H2,1-5H3,(H,31,35)(H2,29,30,34)/t26-/m0/s1. The summed E-state index contributed by atoms with van der Waals surface area (Å²) in [5.74, 6) is -1.15. The molecule has 2 aromatic carbocycles. The van der Waals surface area contributed by atoms with Crippen LogP contribution in [0.1, 0.15) is 36.7 Å². The maximum atomic E-state index is 13.6. The second-order valence-electron chi connectivity index (χ2n) is 9.71. The lowest BCUT2D eigenvalue weighted by molar-refractivity contribution is 0.100. The molecule has 3 rings (SSSR count). The average Bonchev–Trinajstić information content (AvgIpc) is 3.03. The van der Waals surface area contributed by atoms with E-state index < -0.39 is 22.8 Å². The van der Waals surface area contributed by atoms with Gasteiger partial charge in [0.15, 0.2) is 0 Å². The van der Waals surface area contributed by atoms with Gasteiger partial charge in [-0.3, -0.25) is 4.79 Å². The van der Waals surface area contributed by atoms with Gasteiger partial charge in [-0.05, 0) is 64.7 Å². The number of amidine groups is 1. The fraction of sp³-hybridized carbons (Fsp3) is 0.346. The Hall–Kier alpha value is -3.72. The number of hydrogen-bond donors (Lipinski definition) is 3. The van der Waals surface area contributed by atoms with Crippen LogP contribution in [-0.2, 0) is 5.54 Å². The van der Waals surface area contributed by atoms with E-state index in [1.54, 1.807) is 4.90 Å². The largest absolute Gasteiger partial charge is 0.400 e.